The van der Waals surface area contributed by atoms with Crippen LogP contribution in [-0.2, 0) is 0 Å². The maximum Gasteiger partial charge on any atom is 0.170 e. The van der Waals surface area contributed by atoms with E-state index >= 15 is 0 Å². The van der Waals surface area contributed by atoms with E-state index in [0.29, 0.717) is 23.5 Å². The normalized spacial score (nSPS) is 10.6. The summed E-state index contributed by atoms with van der Waals surface area (Å²) in [6, 6.07) is 13.9. The van der Waals surface area contributed by atoms with E-state index in [0.717, 1.165) is 12.2 Å². The summed E-state index contributed by atoms with van der Waals surface area (Å²) in [7, 11) is 1.57. The molecule has 0 fully saturated rings. The van der Waals surface area contributed by atoms with E-state index in [9.17, 15) is 9.59 Å². The fraction of sp³-hybridized carbons (Fsp3) is 0.462. The first-order chi connectivity index (χ1) is 14.6. The molecular formula is C26H34O4. The Morgan fingerprint density at radius 3 is 1.63 bits per heavy atom. The molecule has 2 rings (SSSR count). The van der Waals surface area contributed by atoms with Crippen LogP contribution in [0.4, 0.5) is 0 Å². The molecule has 4 heteroatoms. The van der Waals surface area contributed by atoms with Crippen molar-refractivity contribution in [2.45, 2.75) is 64.7 Å². The lowest BCUT2D eigenvalue weighted by molar-refractivity contribution is 0.0894. The van der Waals surface area contributed by atoms with Crippen molar-refractivity contribution in [2.75, 3.05) is 13.7 Å². The number of hydrogen-bond donors (Lipinski definition) is 0. The highest BCUT2D eigenvalue weighted by Gasteiger charge is 2.14. The SMILES string of the molecule is CCCCCCCCCCOc1ccc(C(=O)CC(=O)c2ccc(OC)cc2)cc1. The Kier molecular flexibility index (Phi) is 10.7. The number of ketones is 2. The maximum absolute atomic E-state index is 12.4. The second-order valence-electron chi connectivity index (χ2n) is 7.60. The van der Waals surface area contributed by atoms with Gasteiger partial charge in [0, 0.05) is 11.1 Å². The van der Waals surface area contributed by atoms with Gasteiger partial charge in [0.2, 0.25) is 0 Å². The molecule has 30 heavy (non-hydrogen) atoms. The molecule has 0 heterocycles. The van der Waals surface area contributed by atoms with Crippen LogP contribution in [0.15, 0.2) is 48.5 Å². The van der Waals surface area contributed by atoms with Gasteiger partial charge in [-0.15, -0.1) is 0 Å². The fourth-order valence-corrected chi connectivity index (χ4v) is 3.29. The molecular weight excluding hydrogens is 376 g/mol. The summed E-state index contributed by atoms with van der Waals surface area (Å²) in [6.45, 7) is 2.93. The van der Waals surface area contributed by atoms with Gasteiger partial charge in [-0.2, -0.15) is 0 Å². The van der Waals surface area contributed by atoms with E-state index in [2.05, 4.69) is 6.92 Å². The Balaban J connectivity index is 1.69. The third kappa shape index (κ3) is 8.40. The van der Waals surface area contributed by atoms with Gasteiger partial charge in [0.25, 0.3) is 0 Å². The minimum absolute atomic E-state index is 0.148. The van der Waals surface area contributed by atoms with Crippen molar-refractivity contribution < 1.29 is 19.1 Å². The number of methoxy groups -OCH3 is 1. The topological polar surface area (TPSA) is 52.6 Å². The third-order valence-corrected chi connectivity index (χ3v) is 5.18. The Bertz CT molecular complexity index is 763. The van der Waals surface area contributed by atoms with E-state index < -0.39 is 0 Å². The van der Waals surface area contributed by atoms with Crippen LogP contribution >= 0.6 is 0 Å². The van der Waals surface area contributed by atoms with Crippen LogP contribution in [0.1, 0.15) is 85.4 Å². The molecule has 0 saturated heterocycles. The molecule has 162 valence electrons. The number of carbonyl (C=O) groups excluding carboxylic acids is 2. The molecule has 0 N–H and O–H groups in total. The van der Waals surface area contributed by atoms with Crippen LogP contribution in [-0.4, -0.2) is 25.3 Å². The molecule has 0 saturated carbocycles. The van der Waals surface area contributed by atoms with Crippen molar-refractivity contribution >= 4 is 11.6 Å². The van der Waals surface area contributed by atoms with Gasteiger partial charge in [-0.3, -0.25) is 9.59 Å². The zero-order chi connectivity index (χ0) is 21.6. The van der Waals surface area contributed by atoms with Crippen LogP contribution in [0.2, 0.25) is 0 Å². The second-order valence-corrected chi connectivity index (χ2v) is 7.60. The van der Waals surface area contributed by atoms with Crippen molar-refractivity contribution in [3.8, 4) is 11.5 Å². The van der Waals surface area contributed by atoms with Crippen LogP contribution in [0.5, 0.6) is 11.5 Å². The lowest BCUT2D eigenvalue weighted by atomic mass is 10.0. The van der Waals surface area contributed by atoms with Gasteiger partial charge < -0.3 is 9.47 Å². The largest absolute Gasteiger partial charge is 0.497 e. The van der Waals surface area contributed by atoms with Crippen molar-refractivity contribution in [2.24, 2.45) is 0 Å². The first kappa shape index (κ1) is 23.7. The molecule has 0 aliphatic rings. The Morgan fingerprint density at radius 2 is 1.13 bits per heavy atom. The zero-order valence-corrected chi connectivity index (χ0v) is 18.3. The van der Waals surface area contributed by atoms with Gasteiger partial charge in [0.1, 0.15) is 11.5 Å². The summed E-state index contributed by atoms with van der Waals surface area (Å²) in [5.74, 6) is 1.06. The average molecular weight is 411 g/mol. The summed E-state index contributed by atoms with van der Waals surface area (Å²) in [5, 5.41) is 0. The first-order valence-corrected chi connectivity index (χ1v) is 11.1. The van der Waals surface area contributed by atoms with E-state index in [-0.39, 0.29) is 18.0 Å². The van der Waals surface area contributed by atoms with Crippen molar-refractivity contribution in [1.29, 1.82) is 0 Å². The summed E-state index contributed by atoms with van der Waals surface area (Å²) in [4.78, 5) is 24.7. The van der Waals surface area contributed by atoms with Gasteiger partial charge in [-0.05, 0) is 55.0 Å². The highest BCUT2D eigenvalue weighted by molar-refractivity contribution is 6.13. The number of benzene rings is 2. The Morgan fingerprint density at radius 1 is 0.667 bits per heavy atom. The predicted molar refractivity (Wildman–Crippen MR) is 121 cm³/mol. The summed E-state index contributed by atoms with van der Waals surface area (Å²) in [6.07, 6.45) is 9.99. The van der Waals surface area contributed by atoms with Crippen molar-refractivity contribution in [3.63, 3.8) is 0 Å². The smallest absolute Gasteiger partial charge is 0.170 e. The molecule has 4 nitrogen and oxygen atoms in total. The van der Waals surface area contributed by atoms with Crippen molar-refractivity contribution in [1.82, 2.24) is 0 Å². The number of carbonyl (C=O) groups is 2. The number of hydrogen-bond acceptors (Lipinski definition) is 4. The predicted octanol–water partition coefficient (Wildman–Crippen LogP) is 6.67. The number of rotatable bonds is 15. The fourth-order valence-electron chi connectivity index (χ4n) is 3.29. The number of ether oxygens (including phenoxy) is 2. The molecule has 0 aliphatic heterocycles. The molecule has 2 aromatic carbocycles. The minimum Gasteiger partial charge on any atom is -0.497 e. The van der Waals surface area contributed by atoms with Gasteiger partial charge in [0.05, 0.1) is 20.1 Å². The monoisotopic (exact) mass is 410 g/mol. The molecule has 2 aromatic rings. The quantitative estimate of drug-likeness (QED) is 0.187. The van der Waals surface area contributed by atoms with Crippen molar-refractivity contribution in [3.05, 3.63) is 59.7 Å². The molecule has 0 aromatic heterocycles. The average Bonchev–Trinajstić information content (AvgIpc) is 2.78. The minimum atomic E-state index is -0.197. The summed E-state index contributed by atoms with van der Waals surface area (Å²) in [5.41, 5.74) is 1.03. The zero-order valence-electron chi connectivity index (χ0n) is 18.3. The highest BCUT2D eigenvalue weighted by atomic mass is 16.5. The second kappa shape index (κ2) is 13.6. The van der Waals surface area contributed by atoms with Gasteiger partial charge in [-0.1, -0.05) is 51.9 Å². The number of unbranched alkanes of at least 4 members (excludes halogenated alkanes) is 7. The van der Waals surface area contributed by atoms with Crippen LogP contribution < -0.4 is 9.47 Å². The Hall–Kier alpha value is -2.62. The Labute approximate surface area is 180 Å². The summed E-state index contributed by atoms with van der Waals surface area (Å²) < 4.78 is 10.9. The van der Waals surface area contributed by atoms with E-state index in [1.165, 1.54) is 44.9 Å². The van der Waals surface area contributed by atoms with Crippen LogP contribution in [0, 0.1) is 0 Å². The van der Waals surface area contributed by atoms with Crippen LogP contribution in [0.25, 0.3) is 0 Å². The van der Waals surface area contributed by atoms with Gasteiger partial charge >= 0.3 is 0 Å². The third-order valence-electron chi connectivity index (χ3n) is 5.18. The van der Waals surface area contributed by atoms with E-state index in [1.807, 2.05) is 0 Å². The molecule has 0 spiro atoms. The maximum atomic E-state index is 12.4. The lowest BCUT2D eigenvalue weighted by Gasteiger charge is -2.07. The number of Topliss-reactive ketones (excluding diaryl/α,β-unsaturated/α-hetero) is 2. The van der Waals surface area contributed by atoms with E-state index in [1.54, 1.807) is 55.6 Å². The highest BCUT2D eigenvalue weighted by Crippen LogP contribution is 2.17. The molecule has 0 amide bonds. The molecule has 0 aliphatic carbocycles. The van der Waals surface area contributed by atoms with Gasteiger partial charge in [-0.25, -0.2) is 0 Å². The van der Waals surface area contributed by atoms with Crippen LogP contribution in [0.3, 0.4) is 0 Å². The first-order valence-electron chi connectivity index (χ1n) is 11.1. The van der Waals surface area contributed by atoms with Gasteiger partial charge in [0.15, 0.2) is 11.6 Å². The lowest BCUT2D eigenvalue weighted by Crippen LogP contribution is -2.08. The molecule has 0 radical (unpaired) electrons. The molecule has 0 atom stereocenters. The molecule has 0 bridgehead atoms. The van der Waals surface area contributed by atoms with E-state index in [4.69, 9.17) is 9.47 Å². The molecule has 0 unspecified atom stereocenters. The standard InChI is InChI=1S/C26H34O4/c1-3-4-5-6-7-8-9-10-19-30-24-17-13-22(14-18-24)26(28)20-25(27)21-11-15-23(29-2)16-12-21/h11-18H,3-10,19-20H2,1-2H3. The summed E-state index contributed by atoms with van der Waals surface area (Å²) >= 11 is 0.